The normalized spacial score (nSPS) is 10.7. The smallest absolute Gasteiger partial charge is 0.222 e. The van der Waals surface area contributed by atoms with Gasteiger partial charge in [0.25, 0.3) is 0 Å². The Morgan fingerprint density at radius 1 is 1.21 bits per heavy atom. The molecule has 19 heavy (non-hydrogen) atoms. The molecule has 0 bridgehead atoms. The van der Waals surface area contributed by atoms with E-state index in [4.69, 9.17) is 5.73 Å². The summed E-state index contributed by atoms with van der Waals surface area (Å²) >= 11 is 0. The van der Waals surface area contributed by atoms with E-state index in [1.165, 1.54) is 6.39 Å². The number of anilines is 2. The van der Waals surface area contributed by atoms with Crippen LogP contribution in [0.4, 0.5) is 11.8 Å². The first kappa shape index (κ1) is 11.4. The van der Waals surface area contributed by atoms with Gasteiger partial charge >= 0.3 is 0 Å². The van der Waals surface area contributed by atoms with Crippen LogP contribution in [-0.4, -0.2) is 26.7 Å². The number of para-hydroxylation sites is 1. The molecule has 2 aromatic heterocycles. The van der Waals surface area contributed by atoms with E-state index < -0.39 is 0 Å². The summed E-state index contributed by atoms with van der Waals surface area (Å²) < 4.78 is 4.67. The maximum atomic E-state index is 5.69. The molecular formula is C12H12N6O. The monoisotopic (exact) mass is 256 g/mol. The van der Waals surface area contributed by atoms with Crippen molar-refractivity contribution in [1.29, 1.82) is 0 Å². The molecule has 0 unspecified atom stereocenters. The Kier molecular flexibility index (Phi) is 2.93. The van der Waals surface area contributed by atoms with Crippen LogP contribution in [0.15, 0.2) is 35.2 Å². The lowest BCUT2D eigenvalue weighted by Crippen LogP contribution is -2.09. The van der Waals surface area contributed by atoms with Crippen molar-refractivity contribution >= 4 is 22.7 Å². The Bertz CT molecular complexity index is 682. The second-order valence-electron chi connectivity index (χ2n) is 3.97. The van der Waals surface area contributed by atoms with E-state index in [1.807, 2.05) is 24.3 Å². The zero-order valence-corrected chi connectivity index (χ0v) is 10.1. The molecule has 3 aromatic rings. The van der Waals surface area contributed by atoms with Crippen LogP contribution in [0, 0.1) is 0 Å². The molecule has 0 saturated carbocycles. The fourth-order valence-electron chi connectivity index (χ4n) is 1.82. The molecular weight excluding hydrogens is 244 g/mol. The van der Waals surface area contributed by atoms with E-state index in [9.17, 15) is 0 Å². The first-order valence-electron chi connectivity index (χ1n) is 5.84. The fraction of sp³-hybridized carbons (Fsp3) is 0.167. The van der Waals surface area contributed by atoms with E-state index in [0.29, 0.717) is 24.6 Å². The van der Waals surface area contributed by atoms with Gasteiger partial charge in [-0.25, -0.2) is 4.98 Å². The van der Waals surface area contributed by atoms with Crippen molar-refractivity contribution < 1.29 is 4.52 Å². The third-order valence-electron chi connectivity index (χ3n) is 2.67. The molecule has 0 amide bonds. The number of benzene rings is 1. The Balaban J connectivity index is 1.80. The third-order valence-corrected chi connectivity index (χ3v) is 2.67. The molecule has 2 heterocycles. The molecule has 96 valence electrons. The number of nitrogens with zero attached hydrogens (tertiary/aromatic N) is 4. The Labute approximate surface area is 108 Å². The molecule has 1 aromatic carbocycles. The van der Waals surface area contributed by atoms with E-state index in [1.54, 1.807) is 0 Å². The third kappa shape index (κ3) is 2.44. The van der Waals surface area contributed by atoms with E-state index >= 15 is 0 Å². The molecule has 0 aliphatic carbocycles. The summed E-state index contributed by atoms with van der Waals surface area (Å²) in [5.74, 6) is 1.62. The lowest BCUT2D eigenvalue weighted by atomic mass is 10.2. The molecule has 3 rings (SSSR count). The van der Waals surface area contributed by atoms with Crippen molar-refractivity contribution in [2.45, 2.75) is 6.42 Å². The van der Waals surface area contributed by atoms with Crippen LogP contribution in [0.1, 0.15) is 5.82 Å². The molecule has 0 spiro atoms. The van der Waals surface area contributed by atoms with Crippen LogP contribution in [0.2, 0.25) is 0 Å². The number of fused-ring (bicyclic) bond motifs is 1. The summed E-state index contributed by atoms with van der Waals surface area (Å²) in [6.07, 6.45) is 1.96. The summed E-state index contributed by atoms with van der Waals surface area (Å²) in [4.78, 5) is 12.3. The largest absolute Gasteiger partial charge is 0.369 e. The van der Waals surface area contributed by atoms with Crippen LogP contribution in [0.25, 0.3) is 10.9 Å². The molecule has 0 aliphatic heterocycles. The number of nitrogens with two attached hydrogens (primary N) is 1. The van der Waals surface area contributed by atoms with Gasteiger partial charge in [-0.05, 0) is 12.1 Å². The van der Waals surface area contributed by atoms with Crippen molar-refractivity contribution in [3.8, 4) is 0 Å². The Morgan fingerprint density at radius 3 is 2.95 bits per heavy atom. The fourth-order valence-corrected chi connectivity index (χ4v) is 1.82. The van der Waals surface area contributed by atoms with Crippen molar-refractivity contribution in [2.75, 3.05) is 17.6 Å². The first-order chi connectivity index (χ1) is 9.33. The van der Waals surface area contributed by atoms with Crippen molar-refractivity contribution in [1.82, 2.24) is 20.1 Å². The molecule has 7 nitrogen and oxygen atoms in total. The second kappa shape index (κ2) is 4.89. The highest BCUT2D eigenvalue weighted by Crippen LogP contribution is 2.20. The number of hydrogen-bond acceptors (Lipinski definition) is 7. The summed E-state index contributed by atoms with van der Waals surface area (Å²) in [6.45, 7) is 0.639. The quantitative estimate of drug-likeness (QED) is 0.724. The van der Waals surface area contributed by atoms with Gasteiger partial charge in [0.2, 0.25) is 12.3 Å². The van der Waals surface area contributed by atoms with Crippen LogP contribution < -0.4 is 11.1 Å². The standard InChI is InChI=1S/C12H12N6O/c13-12-16-9-4-2-1-3-8(9)11(17-12)14-6-5-10-15-7-19-18-10/h1-4,7H,5-6H2,(H3,13,14,16,17). The van der Waals surface area contributed by atoms with Crippen LogP contribution in [-0.2, 0) is 6.42 Å². The summed E-state index contributed by atoms with van der Waals surface area (Å²) in [5, 5.41) is 7.89. The summed E-state index contributed by atoms with van der Waals surface area (Å²) in [7, 11) is 0. The average molecular weight is 256 g/mol. The highest BCUT2D eigenvalue weighted by molar-refractivity contribution is 5.89. The van der Waals surface area contributed by atoms with Crippen LogP contribution in [0.5, 0.6) is 0 Å². The van der Waals surface area contributed by atoms with Gasteiger partial charge in [-0.3, -0.25) is 0 Å². The lowest BCUT2D eigenvalue weighted by molar-refractivity contribution is 0.410. The molecule has 0 atom stereocenters. The van der Waals surface area contributed by atoms with Gasteiger partial charge in [0.15, 0.2) is 5.82 Å². The Hall–Kier alpha value is -2.70. The Morgan fingerprint density at radius 2 is 2.11 bits per heavy atom. The van der Waals surface area contributed by atoms with Crippen molar-refractivity contribution in [3.63, 3.8) is 0 Å². The summed E-state index contributed by atoms with van der Waals surface area (Å²) in [5.41, 5.74) is 6.51. The van der Waals surface area contributed by atoms with E-state index in [0.717, 1.165) is 10.9 Å². The van der Waals surface area contributed by atoms with Crippen LogP contribution >= 0.6 is 0 Å². The number of hydrogen-bond donors (Lipinski definition) is 2. The van der Waals surface area contributed by atoms with E-state index in [2.05, 4.69) is 29.9 Å². The lowest BCUT2D eigenvalue weighted by Gasteiger charge is -2.08. The van der Waals surface area contributed by atoms with E-state index in [-0.39, 0.29) is 5.95 Å². The SMILES string of the molecule is Nc1nc(NCCc2ncon2)c2ccccc2n1. The van der Waals surface area contributed by atoms with Gasteiger partial charge in [0.05, 0.1) is 5.52 Å². The zero-order valence-electron chi connectivity index (χ0n) is 10.1. The summed E-state index contributed by atoms with van der Waals surface area (Å²) in [6, 6.07) is 7.70. The van der Waals surface area contributed by atoms with Gasteiger partial charge in [0.1, 0.15) is 5.82 Å². The molecule has 0 radical (unpaired) electrons. The number of aromatic nitrogens is 4. The predicted molar refractivity (Wildman–Crippen MR) is 70.4 cm³/mol. The minimum atomic E-state index is 0.251. The van der Waals surface area contributed by atoms with Gasteiger partial charge in [0, 0.05) is 18.4 Å². The van der Waals surface area contributed by atoms with Gasteiger partial charge < -0.3 is 15.6 Å². The highest BCUT2D eigenvalue weighted by atomic mass is 16.5. The zero-order chi connectivity index (χ0) is 13.1. The van der Waals surface area contributed by atoms with Crippen LogP contribution in [0.3, 0.4) is 0 Å². The maximum Gasteiger partial charge on any atom is 0.222 e. The molecule has 0 aliphatic rings. The minimum absolute atomic E-state index is 0.251. The van der Waals surface area contributed by atoms with Gasteiger partial charge in [-0.2, -0.15) is 9.97 Å². The van der Waals surface area contributed by atoms with Crippen molar-refractivity contribution in [3.05, 3.63) is 36.5 Å². The average Bonchev–Trinajstić information content (AvgIpc) is 2.91. The molecule has 0 saturated heterocycles. The number of rotatable bonds is 4. The van der Waals surface area contributed by atoms with Gasteiger partial charge in [-0.15, -0.1) is 0 Å². The number of nitrogens with one attached hydrogen (secondary N) is 1. The topological polar surface area (TPSA) is 103 Å². The van der Waals surface area contributed by atoms with Crippen molar-refractivity contribution in [2.24, 2.45) is 0 Å². The predicted octanol–water partition coefficient (Wildman–Crippen LogP) is 1.25. The first-order valence-corrected chi connectivity index (χ1v) is 5.84. The second-order valence-corrected chi connectivity index (χ2v) is 3.97. The maximum absolute atomic E-state index is 5.69. The minimum Gasteiger partial charge on any atom is -0.369 e. The molecule has 3 N–H and O–H groups in total. The van der Waals surface area contributed by atoms with Gasteiger partial charge in [-0.1, -0.05) is 17.3 Å². The highest BCUT2D eigenvalue weighted by Gasteiger charge is 2.05. The molecule has 0 fully saturated rings. The number of nitrogen functional groups attached to an aromatic ring is 1. The molecule has 7 heteroatoms.